The SMILES string of the molecule is Cc1ccc(-c2noc(CCC(=O)Nc3ccccc3-c3ccccc3)n2)cc1F. The maximum atomic E-state index is 13.7. The van der Waals surface area contributed by atoms with Crippen molar-refractivity contribution < 1.29 is 13.7 Å². The monoisotopic (exact) mass is 401 g/mol. The fourth-order valence-corrected chi connectivity index (χ4v) is 3.10. The van der Waals surface area contributed by atoms with Gasteiger partial charge in [0, 0.05) is 29.7 Å². The van der Waals surface area contributed by atoms with Crippen LogP contribution in [0.5, 0.6) is 0 Å². The lowest BCUT2D eigenvalue weighted by molar-refractivity contribution is -0.116. The molecule has 1 N–H and O–H groups in total. The Morgan fingerprint density at radius 2 is 1.77 bits per heavy atom. The van der Waals surface area contributed by atoms with E-state index in [1.807, 2.05) is 54.6 Å². The molecule has 0 atom stereocenters. The number of carbonyl (C=O) groups excluding carboxylic acids is 1. The number of rotatable bonds is 6. The van der Waals surface area contributed by atoms with Gasteiger partial charge in [0.05, 0.1) is 0 Å². The second kappa shape index (κ2) is 8.69. The Balaban J connectivity index is 1.41. The third-order valence-corrected chi connectivity index (χ3v) is 4.75. The fourth-order valence-electron chi connectivity index (χ4n) is 3.10. The third kappa shape index (κ3) is 4.43. The van der Waals surface area contributed by atoms with Crippen molar-refractivity contribution >= 4 is 11.6 Å². The van der Waals surface area contributed by atoms with E-state index in [1.54, 1.807) is 19.1 Å². The number of amides is 1. The van der Waals surface area contributed by atoms with E-state index in [1.165, 1.54) is 6.07 Å². The van der Waals surface area contributed by atoms with Crippen LogP contribution in [0.3, 0.4) is 0 Å². The number of para-hydroxylation sites is 1. The predicted molar refractivity (Wildman–Crippen MR) is 113 cm³/mol. The molecule has 0 unspecified atom stereocenters. The minimum absolute atomic E-state index is 0.153. The molecular formula is C24H20FN3O2. The number of anilines is 1. The molecule has 0 saturated heterocycles. The van der Waals surface area contributed by atoms with E-state index in [2.05, 4.69) is 15.5 Å². The van der Waals surface area contributed by atoms with Crippen LogP contribution in [0.2, 0.25) is 0 Å². The van der Waals surface area contributed by atoms with Crippen molar-refractivity contribution in [3.05, 3.63) is 90.1 Å². The highest BCUT2D eigenvalue weighted by molar-refractivity contribution is 5.95. The number of carbonyl (C=O) groups is 1. The van der Waals surface area contributed by atoms with E-state index < -0.39 is 0 Å². The van der Waals surface area contributed by atoms with Crippen molar-refractivity contribution in [3.8, 4) is 22.5 Å². The van der Waals surface area contributed by atoms with Crippen molar-refractivity contribution in [1.82, 2.24) is 10.1 Å². The maximum absolute atomic E-state index is 13.7. The minimum atomic E-state index is -0.324. The number of aromatic nitrogens is 2. The van der Waals surface area contributed by atoms with Crippen molar-refractivity contribution in [2.24, 2.45) is 0 Å². The second-order valence-corrected chi connectivity index (χ2v) is 6.94. The molecule has 3 aromatic carbocycles. The van der Waals surface area contributed by atoms with Crippen molar-refractivity contribution in [2.45, 2.75) is 19.8 Å². The van der Waals surface area contributed by atoms with Crippen molar-refractivity contribution in [2.75, 3.05) is 5.32 Å². The largest absolute Gasteiger partial charge is 0.339 e. The molecule has 0 fully saturated rings. The lowest BCUT2D eigenvalue weighted by atomic mass is 10.0. The summed E-state index contributed by atoms with van der Waals surface area (Å²) in [7, 11) is 0. The molecule has 30 heavy (non-hydrogen) atoms. The Labute approximate surface area is 173 Å². The van der Waals surface area contributed by atoms with Gasteiger partial charge >= 0.3 is 0 Å². The molecule has 1 amide bonds. The Kier molecular flexibility index (Phi) is 5.66. The predicted octanol–water partition coefficient (Wildman–Crippen LogP) is 5.42. The second-order valence-electron chi connectivity index (χ2n) is 6.94. The maximum Gasteiger partial charge on any atom is 0.227 e. The lowest BCUT2D eigenvalue weighted by Gasteiger charge is -2.11. The van der Waals surface area contributed by atoms with Crippen LogP contribution in [-0.2, 0) is 11.2 Å². The molecule has 0 spiro atoms. The summed E-state index contributed by atoms with van der Waals surface area (Å²) in [6, 6.07) is 22.3. The van der Waals surface area contributed by atoms with Gasteiger partial charge in [-0.25, -0.2) is 4.39 Å². The first-order chi connectivity index (χ1) is 14.6. The molecule has 0 saturated carbocycles. The highest BCUT2D eigenvalue weighted by Crippen LogP contribution is 2.27. The minimum Gasteiger partial charge on any atom is -0.339 e. The zero-order valence-electron chi connectivity index (χ0n) is 16.4. The van der Waals surface area contributed by atoms with Gasteiger partial charge in [0.25, 0.3) is 0 Å². The average molecular weight is 401 g/mol. The van der Waals surface area contributed by atoms with E-state index in [9.17, 15) is 9.18 Å². The van der Waals surface area contributed by atoms with Crippen LogP contribution in [0.1, 0.15) is 17.9 Å². The zero-order valence-corrected chi connectivity index (χ0v) is 16.4. The highest BCUT2D eigenvalue weighted by atomic mass is 19.1. The summed E-state index contributed by atoms with van der Waals surface area (Å²) in [6.45, 7) is 1.69. The molecule has 1 heterocycles. The fraction of sp³-hybridized carbons (Fsp3) is 0.125. The Hall–Kier alpha value is -3.80. The molecule has 6 heteroatoms. The van der Waals surface area contributed by atoms with Gasteiger partial charge in [-0.1, -0.05) is 65.8 Å². The molecule has 0 bridgehead atoms. The van der Waals surface area contributed by atoms with Crippen LogP contribution >= 0.6 is 0 Å². The number of benzene rings is 3. The van der Waals surface area contributed by atoms with E-state index in [0.717, 1.165) is 16.8 Å². The van der Waals surface area contributed by atoms with Gasteiger partial charge < -0.3 is 9.84 Å². The van der Waals surface area contributed by atoms with Crippen LogP contribution in [0.15, 0.2) is 77.3 Å². The number of halogens is 1. The third-order valence-electron chi connectivity index (χ3n) is 4.75. The summed E-state index contributed by atoms with van der Waals surface area (Å²) in [5, 5.41) is 6.84. The lowest BCUT2D eigenvalue weighted by Crippen LogP contribution is -2.13. The van der Waals surface area contributed by atoms with Gasteiger partial charge in [-0.2, -0.15) is 4.98 Å². The number of aryl methyl sites for hydroxylation is 2. The summed E-state index contributed by atoms with van der Waals surface area (Å²) in [6.07, 6.45) is 0.480. The number of nitrogens with zero attached hydrogens (tertiary/aromatic N) is 2. The summed E-state index contributed by atoms with van der Waals surface area (Å²) in [5.41, 5.74) is 3.81. The Morgan fingerprint density at radius 1 is 1.00 bits per heavy atom. The van der Waals surface area contributed by atoms with Crippen LogP contribution < -0.4 is 5.32 Å². The van der Waals surface area contributed by atoms with E-state index >= 15 is 0 Å². The van der Waals surface area contributed by atoms with Gasteiger partial charge in [-0.05, 0) is 30.2 Å². The summed E-state index contributed by atoms with van der Waals surface area (Å²) < 4.78 is 19.0. The first-order valence-corrected chi connectivity index (χ1v) is 9.63. The van der Waals surface area contributed by atoms with Gasteiger partial charge in [-0.3, -0.25) is 4.79 Å². The molecule has 4 aromatic rings. The summed E-state index contributed by atoms with van der Waals surface area (Å²) in [5.74, 6) is 0.158. The van der Waals surface area contributed by atoms with Crippen LogP contribution in [0.4, 0.5) is 10.1 Å². The highest BCUT2D eigenvalue weighted by Gasteiger charge is 2.13. The molecule has 4 rings (SSSR count). The van der Waals surface area contributed by atoms with Gasteiger partial charge in [0.15, 0.2) is 0 Å². The molecule has 0 aliphatic rings. The Bertz CT molecular complexity index is 1170. The molecular weight excluding hydrogens is 381 g/mol. The smallest absolute Gasteiger partial charge is 0.227 e. The van der Waals surface area contributed by atoms with Crippen LogP contribution in [0.25, 0.3) is 22.5 Å². The van der Waals surface area contributed by atoms with E-state index in [0.29, 0.717) is 29.3 Å². The topological polar surface area (TPSA) is 68.0 Å². The molecule has 0 radical (unpaired) electrons. The average Bonchev–Trinajstić information content (AvgIpc) is 3.24. The quantitative estimate of drug-likeness (QED) is 0.468. The normalized spacial score (nSPS) is 10.7. The standard InChI is InChI=1S/C24H20FN3O2/c1-16-11-12-18(15-20(16)25)24-27-23(30-28-24)14-13-22(29)26-21-10-6-5-9-19(21)17-7-3-2-4-8-17/h2-12,15H,13-14H2,1H3,(H,26,29). The van der Waals surface area contributed by atoms with E-state index in [4.69, 9.17) is 4.52 Å². The van der Waals surface area contributed by atoms with Crippen molar-refractivity contribution in [1.29, 1.82) is 0 Å². The van der Waals surface area contributed by atoms with Crippen LogP contribution in [0, 0.1) is 12.7 Å². The van der Waals surface area contributed by atoms with Gasteiger partial charge in [-0.15, -0.1) is 0 Å². The van der Waals surface area contributed by atoms with Gasteiger partial charge in [0.2, 0.25) is 17.6 Å². The number of nitrogens with one attached hydrogen (secondary N) is 1. The van der Waals surface area contributed by atoms with E-state index in [-0.39, 0.29) is 18.1 Å². The molecule has 5 nitrogen and oxygen atoms in total. The molecule has 0 aliphatic heterocycles. The van der Waals surface area contributed by atoms with Crippen molar-refractivity contribution in [3.63, 3.8) is 0 Å². The molecule has 150 valence electrons. The number of hydrogen-bond acceptors (Lipinski definition) is 4. The van der Waals surface area contributed by atoms with Gasteiger partial charge in [0.1, 0.15) is 5.82 Å². The summed E-state index contributed by atoms with van der Waals surface area (Å²) in [4.78, 5) is 16.7. The zero-order chi connectivity index (χ0) is 20.9. The summed E-state index contributed by atoms with van der Waals surface area (Å²) >= 11 is 0. The first kappa shape index (κ1) is 19.5. The molecule has 0 aliphatic carbocycles. The first-order valence-electron chi connectivity index (χ1n) is 9.63. The molecule has 1 aromatic heterocycles. The van der Waals surface area contributed by atoms with Crippen LogP contribution in [-0.4, -0.2) is 16.0 Å². The number of hydrogen-bond donors (Lipinski definition) is 1. The Morgan fingerprint density at radius 3 is 2.57 bits per heavy atom.